The van der Waals surface area contributed by atoms with E-state index in [1.165, 1.54) is 12.8 Å². The molecule has 0 bridgehead atoms. The second-order valence-corrected chi connectivity index (χ2v) is 7.27. The van der Waals surface area contributed by atoms with Crippen molar-refractivity contribution in [2.24, 2.45) is 10.8 Å². The zero-order chi connectivity index (χ0) is 13.4. The zero-order valence-electron chi connectivity index (χ0n) is 12.2. The van der Waals surface area contributed by atoms with Crippen molar-refractivity contribution in [1.82, 2.24) is 15.5 Å². The minimum absolute atomic E-state index is 0.184. The summed E-state index contributed by atoms with van der Waals surface area (Å²) >= 11 is 0. The van der Waals surface area contributed by atoms with Gasteiger partial charge in [0.25, 0.3) is 0 Å². The van der Waals surface area contributed by atoms with Crippen LogP contribution in [0.4, 0.5) is 0 Å². The Balaban J connectivity index is 2.14. The fourth-order valence-electron chi connectivity index (χ4n) is 2.56. The van der Waals surface area contributed by atoms with Crippen LogP contribution in [0, 0.1) is 10.8 Å². The van der Waals surface area contributed by atoms with Crippen molar-refractivity contribution >= 4 is 0 Å². The summed E-state index contributed by atoms with van der Waals surface area (Å²) in [6.45, 7) is 12.1. The molecule has 0 aliphatic carbocycles. The molecule has 0 saturated carbocycles. The Labute approximate surface area is 110 Å². The molecule has 2 heterocycles. The second-order valence-electron chi connectivity index (χ2n) is 7.27. The minimum atomic E-state index is 0.184. The minimum Gasteiger partial charge on any atom is -0.338 e. The van der Waals surface area contributed by atoms with Gasteiger partial charge in [0.1, 0.15) is 0 Å². The third-order valence-corrected chi connectivity index (χ3v) is 3.55. The van der Waals surface area contributed by atoms with Crippen LogP contribution in [-0.4, -0.2) is 16.7 Å². The molecular formula is C14H25N3O. The highest BCUT2D eigenvalue weighted by atomic mass is 16.5. The summed E-state index contributed by atoms with van der Waals surface area (Å²) in [6, 6.07) is 0.187. The molecule has 1 fully saturated rings. The Morgan fingerprint density at radius 3 is 2.72 bits per heavy atom. The van der Waals surface area contributed by atoms with Gasteiger partial charge in [-0.1, -0.05) is 39.8 Å². The van der Waals surface area contributed by atoms with Gasteiger partial charge in [-0.3, -0.25) is 0 Å². The SMILES string of the molecule is CC(C)(C)Cc1noc(C2NCCCC2(C)C)n1. The van der Waals surface area contributed by atoms with E-state index < -0.39 is 0 Å². The number of rotatable bonds is 2. The molecule has 1 aliphatic rings. The highest BCUT2D eigenvalue weighted by molar-refractivity contribution is 5.02. The smallest absolute Gasteiger partial charge is 0.244 e. The Bertz CT molecular complexity index is 403. The molecule has 2 rings (SSSR count). The summed E-state index contributed by atoms with van der Waals surface area (Å²) in [7, 11) is 0. The van der Waals surface area contributed by atoms with Crippen molar-refractivity contribution in [3.8, 4) is 0 Å². The van der Waals surface area contributed by atoms with Crippen LogP contribution in [-0.2, 0) is 6.42 Å². The van der Waals surface area contributed by atoms with E-state index in [1.807, 2.05) is 0 Å². The van der Waals surface area contributed by atoms with E-state index in [0.29, 0.717) is 0 Å². The lowest BCUT2D eigenvalue weighted by Gasteiger charge is -2.36. The first-order chi connectivity index (χ1) is 8.28. The summed E-state index contributed by atoms with van der Waals surface area (Å²) in [5.74, 6) is 1.57. The van der Waals surface area contributed by atoms with Gasteiger partial charge in [0.05, 0.1) is 6.04 Å². The number of aromatic nitrogens is 2. The molecule has 0 spiro atoms. The lowest BCUT2D eigenvalue weighted by atomic mass is 9.77. The molecule has 1 unspecified atom stereocenters. The van der Waals surface area contributed by atoms with Crippen LogP contribution in [0.2, 0.25) is 0 Å². The van der Waals surface area contributed by atoms with Crippen LogP contribution in [0.25, 0.3) is 0 Å². The molecule has 0 aromatic carbocycles. The maximum Gasteiger partial charge on any atom is 0.244 e. The number of nitrogens with zero attached hydrogens (tertiary/aromatic N) is 2. The fourth-order valence-corrected chi connectivity index (χ4v) is 2.56. The Morgan fingerprint density at radius 2 is 2.11 bits per heavy atom. The highest BCUT2D eigenvalue weighted by Gasteiger charge is 2.37. The molecule has 0 amide bonds. The predicted molar refractivity (Wildman–Crippen MR) is 71.2 cm³/mol. The summed E-state index contributed by atoms with van der Waals surface area (Å²) in [5, 5.41) is 7.62. The van der Waals surface area contributed by atoms with Crippen molar-refractivity contribution in [2.45, 2.75) is 59.9 Å². The molecule has 102 valence electrons. The van der Waals surface area contributed by atoms with Crippen molar-refractivity contribution < 1.29 is 4.52 Å². The number of nitrogens with one attached hydrogen (secondary N) is 1. The van der Waals surface area contributed by atoms with Gasteiger partial charge in [-0.05, 0) is 30.2 Å². The van der Waals surface area contributed by atoms with E-state index in [9.17, 15) is 0 Å². The molecule has 1 atom stereocenters. The standard InChI is InChI=1S/C14H25N3O/c1-13(2,3)9-10-16-12(18-17-10)11-14(4,5)7-6-8-15-11/h11,15H,6-9H2,1-5H3. The third-order valence-electron chi connectivity index (χ3n) is 3.55. The van der Waals surface area contributed by atoms with Gasteiger partial charge in [0.15, 0.2) is 5.82 Å². The van der Waals surface area contributed by atoms with Crippen LogP contribution < -0.4 is 5.32 Å². The lowest BCUT2D eigenvalue weighted by Crippen LogP contribution is -2.39. The quantitative estimate of drug-likeness (QED) is 0.877. The van der Waals surface area contributed by atoms with Crippen LogP contribution in [0.1, 0.15) is 65.2 Å². The summed E-state index contributed by atoms with van der Waals surface area (Å²) < 4.78 is 5.46. The number of piperidine rings is 1. The summed E-state index contributed by atoms with van der Waals surface area (Å²) in [5.41, 5.74) is 0.375. The van der Waals surface area contributed by atoms with Crippen LogP contribution in [0.5, 0.6) is 0 Å². The van der Waals surface area contributed by atoms with Gasteiger partial charge in [0.2, 0.25) is 5.89 Å². The van der Waals surface area contributed by atoms with Gasteiger partial charge in [0, 0.05) is 6.42 Å². The first kappa shape index (κ1) is 13.5. The highest BCUT2D eigenvalue weighted by Crippen LogP contribution is 2.39. The van der Waals surface area contributed by atoms with Crippen molar-refractivity contribution in [3.63, 3.8) is 0 Å². The van der Waals surface area contributed by atoms with Crippen LogP contribution >= 0.6 is 0 Å². The predicted octanol–water partition coefficient (Wildman–Crippen LogP) is 3.11. The molecule has 1 N–H and O–H groups in total. The molecular weight excluding hydrogens is 226 g/mol. The maximum absolute atomic E-state index is 5.46. The van der Waals surface area contributed by atoms with Gasteiger partial charge in [-0.15, -0.1) is 0 Å². The topological polar surface area (TPSA) is 51.0 Å². The number of hydrogen-bond acceptors (Lipinski definition) is 4. The molecule has 0 radical (unpaired) electrons. The second kappa shape index (κ2) is 4.65. The van der Waals surface area contributed by atoms with Crippen molar-refractivity contribution in [3.05, 3.63) is 11.7 Å². The monoisotopic (exact) mass is 251 g/mol. The normalized spacial score (nSPS) is 24.2. The first-order valence-electron chi connectivity index (χ1n) is 6.84. The molecule has 4 nitrogen and oxygen atoms in total. The van der Waals surface area contributed by atoms with Gasteiger partial charge < -0.3 is 9.84 Å². The van der Waals surface area contributed by atoms with E-state index >= 15 is 0 Å². The Hall–Kier alpha value is -0.900. The van der Waals surface area contributed by atoms with Gasteiger partial charge >= 0.3 is 0 Å². The zero-order valence-corrected chi connectivity index (χ0v) is 12.2. The number of hydrogen-bond donors (Lipinski definition) is 1. The molecule has 1 aromatic rings. The fraction of sp³-hybridized carbons (Fsp3) is 0.857. The third kappa shape index (κ3) is 3.10. The Kier molecular flexibility index (Phi) is 3.49. The van der Waals surface area contributed by atoms with Crippen LogP contribution in [0.15, 0.2) is 4.52 Å². The van der Waals surface area contributed by atoms with Gasteiger partial charge in [-0.25, -0.2) is 0 Å². The van der Waals surface area contributed by atoms with Crippen molar-refractivity contribution in [2.75, 3.05) is 6.54 Å². The van der Waals surface area contributed by atoms with E-state index in [0.717, 1.165) is 24.7 Å². The molecule has 4 heteroatoms. The molecule has 1 aromatic heterocycles. The first-order valence-corrected chi connectivity index (χ1v) is 6.84. The van der Waals surface area contributed by atoms with E-state index in [-0.39, 0.29) is 16.9 Å². The summed E-state index contributed by atoms with van der Waals surface area (Å²) in [6.07, 6.45) is 3.26. The van der Waals surface area contributed by atoms with Crippen molar-refractivity contribution in [1.29, 1.82) is 0 Å². The maximum atomic E-state index is 5.46. The molecule has 18 heavy (non-hydrogen) atoms. The summed E-state index contributed by atoms with van der Waals surface area (Å²) in [4.78, 5) is 4.57. The largest absolute Gasteiger partial charge is 0.338 e. The Morgan fingerprint density at radius 1 is 1.39 bits per heavy atom. The van der Waals surface area contributed by atoms with E-state index in [2.05, 4.69) is 50.1 Å². The average Bonchev–Trinajstić information content (AvgIpc) is 2.62. The van der Waals surface area contributed by atoms with E-state index in [4.69, 9.17) is 4.52 Å². The van der Waals surface area contributed by atoms with Crippen LogP contribution in [0.3, 0.4) is 0 Å². The van der Waals surface area contributed by atoms with E-state index in [1.54, 1.807) is 0 Å². The molecule has 1 saturated heterocycles. The lowest BCUT2D eigenvalue weighted by molar-refractivity contribution is 0.146. The average molecular weight is 251 g/mol. The molecule has 1 aliphatic heterocycles. The van der Waals surface area contributed by atoms with Gasteiger partial charge in [-0.2, -0.15) is 4.98 Å².